The van der Waals surface area contributed by atoms with Gasteiger partial charge in [-0.2, -0.15) is 0 Å². The van der Waals surface area contributed by atoms with E-state index in [0.717, 1.165) is 50.0 Å². The highest BCUT2D eigenvalue weighted by atomic mass is 16.1. The van der Waals surface area contributed by atoms with Gasteiger partial charge in [-0.15, -0.1) is 0 Å². The summed E-state index contributed by atoms with van der Waals surface area (Å²) < 4.78 is 0. The molecule has 0 unspecified atom stereocenters. The average molecular weight is 381 g/mol. The zero-order valence-electron chi connectivity index (χ0n) is 15.7. The molecule has 0 bridgehead atoms. The molecule has 1 aliphatic rings. The lowest BCUT2D eigenvalue weighted by molar-refractivity contribution is -0.116. The molecule has 2 aromatic carbocycles. The van der Waals surface area contributed by atoms with Crippen LogP contribution in [0.5, 0.6) is 0 Å². The van der Waals surface area contributed by atoms with Crippen LogP contribution in [-0.2, 0) is 4.79 Å². The minimum atomic E-state index is 0. The minimum absolute atomic E-state index is 0. The fourth-order valence-corrected chi connectivity index (χ4v) is 3.59. The molecular formula is C24H32N2O2. The fraction of sp³-hybridized carbons (Fsp3) is 0.417. The number of hydrogen-bond acceptors (Lipinski definition) is 3. The van der Waals surface area contributed by atoms with Gasteiger partial charge in [0.15, 0.2) is 5.78 Å². The van der Waals surface area contributed by atoms with Gasteiger partial charge in [0, 0.05) is 24.1 Å². The number of carbonyl (C=O) groups is 2. The Kier molecular flexibility index (Phi) is 8.89. The van der Waals surface area contributed by atoms with Crippen LogP contribution in [0.25, 0.3) is 0 Å². The van der Waals surface area contributed by atoms with Crippen molar-refractivity contribution in [2.75, 3.05) is 18.4 Å². The molecular weight excluding hydrogens is 348 g/mol. The van der Waals surface area contributed by atoms with Crippen molar-refractivity contribution in [3.63, 3.8) is 0 Å². The average Bonchev–Trinajstić information content (AvgIpc) is 2.72. The second-order valence-electron chi connectivity index (χ2n) is 7.19. The highest BCUT2D eigenvalue weighted by Gasteiger charge is 2.15. The van der Waals surface area contributed by atoms with Crippen molar-refractivity contribution in [3.8, 4) is 0 Å². The van der Waals surface area contributed by atoms with E-state index in [0.29, 0.717) is 18.8 Å². The van der Waals surface area contributed by atoms with Gasteiger partial charge < -0.3 is 10.6 Å². The first-order valence-electron chi connectivity index (χ1n) is 9.91. The molecule has 4 heteroatoms. The number of hydrogen-bond donors (Lipinski definition) is 2. The number of Topliss-reactive ketones (excluding diaryl/α,β-unsaturated/α-hetero) is 1. The highest BCUT2D eigenvalue weighted by molar-refractivity contribution is 5.96. The molecule has 1 amide bonds. The van der Waals surface area contributed by atoms with Gasteiger partial charge in [-0.25, -0.2) is 0 Å². The van der Waals surface area contributed by atoms with Gasteiger partial charge in [-0.05, 0) is 62.4 Å². The first-order chi connectivity index (χ1) is 13.2. The molecule has 0 saturated carbocycles. The number of carbonyl (C=O) groups excluding carboxylic acids is 2. The Morgan fingerprint density at radius 1 is 0.929 bits per heavy atom. The minimum Gasteiger partial charge on any atom is -0.326 e. The van der Waals surface area contributed by atoms with E-state index in [1.54, 1.807) is 0 Å². The summed E-state index contributed by atoms with van der Waals surface area (Å²) >= 11 is 0. The van der Waals surface area contributed by atoms with E-state index in [1.807, 2.05) is 42.5 Å². The van der Waals surface area contributed by atoms with Gasteiger partial charge in [0.2, 0.25) is 5.91 Å². The molecule has 2 N–H and O–H groups in total. The van der Waals surface area contributed by atoms with E-state index in [1.165, 1.54) is 5.56 Å². The first kappa shape index (κ1) is 21.8. The molecule has 0 spiro atoms. The Hall–Kier alpha value is -2.46. The van der Waals surface area contributed by atoms with Crippen LogP contribution in [0.4, 0.5) is 5.69 Å². The van der Waals surface area contributed by atoms with Gasteiger partial charge in [0.05, 0.1) is 0 Å². The van der Waals surface area contributed by atoms with Crippen molar-refractivity contribution < 1.29 is 9.59 Å². The molecule has 0 radical (unpaired) electrons. The summed E-state index contributed by atoms with van der Waals surface area (Å²) in [6.45, 7) is 2.12. The largest absolute Gasteiger partial charge is 0.326 e. The summed E-state index contributed by atoms with van der Waals surface area (Å²) in [5.41, 5.74) is 2.93. The number of rotatable bonds is 8. The number of amides is 1. The van der Waals surface area contributed by atoms with Crippen LogP contribution in [0.15, 0.2) is 54.6 Å². The van der Waals surface area contributed by atoms with Crippen molar-refractivity contribution in [3.05, 3.63) is 65.7 Å². The molecule has 28 heavy (non-hydrogen) atoms. The lowest BCUT2D eigenvalue weighted by Crippen LogP contribution is -2.26. The SMILES string of the molecule is C.O=C(CCCCC(=O)c1ccccc1)Nc1cccc(C2CCNCC2)c1. The van der Waals surface area contributed by atoms with E-state index in [2.05, 4.69) is 22.8 Å². The third-order valence-corrected chi connectivity index (χ3v) is 5.13. The quantitative estimate of drug-likeness (QED) is 0.490. The van der Waals surface area contributed by atoms with Gasteiger partial charge in [0.1, 0.15) is 0 Å². The summed E-state index contributed by atoms with van der Waals surface area (Å²) in [5.74, 6) is 0.738. The Morgan fingerprint density at radius 2 is 1.64 bits per heavy atom. The van der Waals surface area contributed by atoms with E-state index in [9.17, 15) is 9.59 Å². The number of nitrogens with one attached hydrogen (secondary N) is 2. The van der Waals surface area contributed by atoms with Crippen LogP contribution < -0.4 is 10.6 Å². The van der Waals surface area contributed by atoms with Crippen LogP contribution in [-0.4, -0.2) is 24.8 Å². The molecule has 3 rings (SSSR count). The molecule has 1 heterocycles. The molecule has 1 saturated heterocycles. The predicted molar refractivity (Wildman–Crippen MR) is 116 cm³/mol. The summed E-state index contributed by atoms with van der Waals surface area (Å²) in [6.07, 6.45) is 4.68. The predicted octanol–water partition coefficient (Wildman–Crippen LogP) is 5.17. The maximum Gasteiger partial charge on any atom is 0.224 e. The molecule has 1 fully saturated rings. The summed E-state index contributed by atoms with van der Waals surface area (Å²) in [7, 11) is 0. The van der Waals surface area contributed by atoms with Crippen molar-refractivity contribution in [1.82, 2.24) is 5.32 Å². The van der Waals surface area contributed by atoms with Gasteiger partial charge in [0.25, 0.3) is 0 Å². The van der Waals surface area contributed by atoms with Crippen LogP contribution in [0, 0.1) is 0 Å². The maximum atomic E-state index is 12.2. The zero-order chi connectivity index (χ0) is 18.9. The van der Waals surface area contributed by atoms with Crippen LogP contribution in [0.2, 0.25) is 0 Å². The molecule has 4 nitrogen and oxygen atoms in total. The monoisotopic (exact) mass is 380 g/mol. The van der Waals surface area contributed by atoms with Gasteiger partial charge in [-0.3, -0.25) is 9.59 Å². The molecule has 2 aromatic rings. The summed E-state index contributed by atoms with van der Waals surface area (Å²) in [6, 6.07) is 17.5. The van der Waals surface area contributed by atoms with Crippen molar-refractivity contribution in [2.45, 2.75) is 51.9 Å². The number of anilines is 1. The van der Waals surface area contributed by atoms with E-state index >= 15 is 0 Å². The third-order valence-electron chi connectivity index (χ3n) is 5.13. The van der Waals surface area contributed by atoms with E-state index < -0.39 is 0 Å². The Bertz CT molecular complexity index is 752. The van der Waals surface area contributed by atoms with Gasteiger partial charge >= 0.3 is 0 Å². The number of benzene rings is 2. The van der Waals surface area contributed by atoms with Gasteiger partial charge in [-0.1, -0.05) is 49.9 Å². The third kappa shape index (κ3) is 6.61. The Labute approximate surface area is 168 Å². The molecule has 150 valence electrons. The lowest BCUT2D eigenvalue weighted by atomic mass is 9.90. The van der Waals surface area contributed by atoms with E-state index in [-0.39, 0.29) is 19.1 Å². The van der Waals surface area contributed by atoms with Crippen LogP contribution in [0.3, 0.4) is 0 Å². The highest BCUT2D eigenvalue weighted by Crippen LogP contribution is 2.27. The molecule has 0 aromatic heterocycles. The first-order valence-corrected chi connectivity index (χ1v) is 9.91. The number of ketones is 1. The fourth-order valence-electron chi connectivity index (χ4n) is 3.59. The zero-order valence-corrected chi connectivity index (χ0v) is 15.7. The maximum absolute atomic E-state index is 12.2. The Morgan fingerprint density at radius 3 is 2.39 bits per heavy atom. The van der Waals surface area contributed by atoms with Crippen molar-refractivity contribution in [1.29, 1.82) is 0 Å². The standard InChI is InChI=1S/C23H28N2O2.CH4/c26-22(19-7-2-1-3-8-19)11-4-5-12-23(27)25-21-10-6-9-20(17-21)18-13-15-24-16-14-18;/h1-3,6-10,17-18,24H,4-5,11-16H2,(H,25,27);1H4. The van der Waals surface area contributed by atoms with E-state index in [4.69, 9.17) is 0 Å². The van der Waals surface area contributed by atoms with Crippen LogP contribution in [0.1, 0.15) is 67.8 Å². The number of unbranched alkanes of at least 4 members (excludes halogenated alkanes) is 1. The smallest absolute Gasteiger partial charge is 0.224 e. The summed E-state index contributed by atoms with van der Waals surface area (Å²) in [4.78, 5) is 24.3. The molecule has 0 atom stereocenters. The molecule has 1 aliphatic heterocycles. The second-order valence-corrected chi connectivity index (χ2v) is 7.19. The second kappa shape index (κ2) is 11.4. The topological polar surface area (TPSA) is 58.2 Å². The summed E-state index contributed by atoms with van der Waals surface area (Å²) in [5, 5.41) is 6.39. The van der Waals surface area contributed by atoms with Crippen molar-refractivity contribution >= 4 is 17.4 Å². The van der Waals surface area contributed by atoms with Crippen LogP contribution >= 0.6 is 0 Å². The van der Waals surface area contributed by atoms with Crippen molar-refractivity contribution in [2.24, 2.45) is 0 Å². The lowest BCUT2D eigenvalue weighted by Gasteiger charge is -2.23. The number of piperidine rings is 1. The normalized spacial score (nSPS) is 14.1. The Balaban J connectivity index is 0.00000280. The molecule has 0 aliphatic carbocycles.